The summed E-state index contributed by atoms with van der Waals surface area (Å²) in [6.45, 7) is 1.28. The summed E-state index contributed by atoms with van der Waals surface area (Å²) in [6.07, 6.45) is 2.80. The number of hydrogen-bond acceptors (Lipinski definition) is 5. The van der Waals surface area contributed by atoms with Gasteiger partial charge in [-0.15, -0.1) is 12.4 Å². The lowest BCUT2D eigenvalue weighted by Gasteiger charge is -2.32. The Morgan fingerprint density at radius 1 is 1.15 bits per heavy atom. The molecule has 0 saturated carbocycles. The summed E-state index contributed by atoms with van der Waals surface area (Å²) in [7, 11) is 3.21. The van der Waals surface area contributed by atoms with E-state index in [4.69, 9.17) is 21.1 Å². The number of hydrogen-bond donors (Lipinski definition) is 2. The summed E-state index contributed by atoms with van der Waals surface area (Å²) in [5, 5.41) is 4.38. The molecule has 3 atom stereocenters. The lowest BCUT2D eigenvalue weighted by atomic mass is 9.73. The first-order valence-corrected chi connectivity index (χ1v) is 11.3. The second-order valence-electron chi connectivity index (χ2n) is 8.58. The van der Waals surface area contributed by atoms with Gasteiger partial charge in [0, 0.05) is 18.5 Å². The number of aromatic nitrogens is 2. The van der Waals surface area contributed by atoms with E-state index in [-0.39, 0.29) is 24.0 Å². The highest BCUT2D eigenvalue weighted by Crippen LogP contribution is 2.45. The summed E-state index contributed by atoms with van der Waals surface area (Å²) < 4.78 is 12.1. The van der Waals surface area contributed by atoms with Crippen molar-refractivity contribution in [2.75, 3.05) is 20.8 Å². The van der Waals surface area contributed by atoms with Crippen LogP contribution in [0.25, 0.3) is 10.9 Å². The Hall–Kier alpha value is -2.48. The lowest BCUT2D eigenvalue weighted by Crippen LogP contribution is -2.38. The summed E-state index contributed by atoms with van der Waals surface area (Å²) in [6, 6.07) is 9.59. The molecular weight excluding hydrogens is 465 g/mol. The van der Waals surface area contributed by atoms with Gasteiger partial charge in [-0.05, 0) is 61.1 Å². The van der Waals surface area contributed by atoms with Crippen LogP contribution in [0.4, 0.5) is 0 Å². The molecule has 33 heavy (non-hydrogen) atoms. The molecule has 0 bridgehead atoms. The first kappa shape index (κ1) is 23.7. The van der Waals surface area contributed by atoms with E-state index in [2.05, 4.69) is 16.4 Å². The van der Waals surface area contributed by atoms with E-state index in [1.165, 1.54) is 22.8 Å². The summed E-state index contributed by atoms with van der Waals surface area (Å²) >= 11 is 6.15. The van der Waals surface area contributed by atoms with E-state index in [1.54, 1.807) is 19.2 Å². The number of nitrogens with zero attached hydrogens (tertiary/aromatic N) is 1. The number of aromatic amines is 1. The third-order valence-electron chi connectivity index (χ3n) is 7.02. The average Bonchev–Trinajstić information content (AvgIpc) is 3.21. The normalized spacial score (nSPS) is 21.2. The van der Waals surface area contributed by atoms with E-state index >= 15 is 0 Å². The van der Waals surface area contributed by atoms with Gasteiger partial charge in [0.15, 0.2) is 0 Å². The molecule has 176 valence electrons. The van der Waals surface area contributed by atoms with E-state index in [9.17, 15) is 9.59 Å². The first-order chi connectivity index (χ1) is 15.5. The Kier molecular flexibility index (Phi) is 6.75. The maximum Gasteiger partial charge on any atom is 0.328 e. The number of fused-ring (bicyclic) bond motifs is 4. The summed E-state index contributed by atoms with van der Waals surface area (Å²) in [4.78, 5) is 28.6. The van der Waals surface area contributed by atoms with Gasteiger partial charge in [0.25, 0.3) is 5.56 Å². The number of nitrogens with one attached hydrogen (secondary N) is 2. The van der Waals surface area contributed by atoms with Gasteiger partial charge in [0.05, 0.1) is 30.1 Å². The van der Waals surface area contributed by atoms with Crippen molar-refractivity contribution in [3.63, 3.8) is 0 Å². The zero-order valence-electron chi connectivity index (χ0n) is 18.5. The van der Waals surface area contributed by atoms with Gasteiger partial charge < -0.3 is 19.8 Å². The van der Waals surface area contributed by atoms with Gasteiger partial charge in [0.2, 0.25) is 0 Å². The fourth-order valence-corrected chi connectivity index (χ4v) is 5.73. The van der Waals surface area contributed by atoms with E-state index < -0.39 is 5.69 Å². The van der Waals surface area contributed by atoms with Crippen molar-refractivity contribution in [3.05, 3.63) is 67.3 Å². The molecule has 3 aromatic rings. The Labute approximate surface area is 202 Å². The minimum atomic E-state index is -0.427. The number of halogens is 2. The average molecular weight is 492 g/mol. The second-order valence-corrected chi connectivity index (χ2v) is 8.98. The molecule has 9 heteroatoms. The van der Waals surface area contributed by atoms with Gasteiger partial charge in [-0.3, -0.25) is 9.36 Å². The SMILES string of the molecule is COc1cc2c(=O)n(CCC3NC[C@@H]4CCc5c(OC)cccc5[C@H]34)c(=O)[nH]c2cc1Cl.Cl. The molecule has 1 unspecified atom stereocenters. The van der Waals surface area contributed by atoms with E-state index in [0.717, 1.165) is 25.1 Å². The predicted molar refractivity (Wildman–Crippen MR) is 132 cm³/mol. The number of methoxy groups -OCH3 is 2. The molecule has 1 saturated heterocycles. The third kappa shape index (κ3) is 4.03. The number of H-pyrrole nitrogens is 1. The minimum absolute atomic E-state index is 0. The molecule has 5 rings (SSSR count). The molecule has 7 nitrogen and oxygen atoms in total. The summed E-state index contributed by atoms with van der Waals surface area (Å²) in [5.74, 6) is 2.25. The molecule has 2 N–H and O–H groups in total. The minimum Gasteiger partial charge on any atom is -0.496 e. The van der Waals surface area contributed by atoms with Crippen LogP contribution in [-0.4, -0.2) is 36.4 Å². The van der Waals surface area contributed by atoms with Crippen LogP contribution in [0, 0.1) is 5.92 Å². The van der Waals surface area contributed by atoms with Crippen LogP contribution < -0.4 is 26.0 Å². The number of benzene rings is 2. The fourth-order valence-electron chi connectivity index (χ4n) is 5.48. The molecule has 0 radical (unpaired) electrons. The molecule has 2 aromatic carbocycles. The van der Waals surface area contributed by atoms with Crippen molar-refractivity contribution in [1.29, 1.82) is 0 Å². The van der Waals surface area contributed by atoms with Crippen LogP contribution in [0.2, 0.25) is 5.02 Å². The molecule has 2 aliphatic rings. The van der Waals surface area contributed by atoms with Gasteiger partial charge in [0.1, 0.15) is 11.5 Å². The molecule has 0 amide bonds. The topological polar surface area (TPSA) is 85.3 Å². The molecule has 2 heterocycles. The van der Waals surface area contributed by atoms with Crippen LogP contribution >= 0.6 is 24.0 Å². The highest BCUT2D eigenvalue weighted by Gasteiger charge is 2.40. The van der Waals surface area contributed by atoms with Gasteiger partial charge in [-0.25, -0.2) is 4.79 Å². The van der Waals surface area contributed by atoms with Gasteiger partial charge in [-0.2, -0.15) is 0 Å². The fraction of sp³-hybridized carbons (Fsp3) is 0.417. The Morgan fingerprint density at radius 3 is 2.70 bits per heavy atom. The molecule has 1 fully saturated rings. The molecular formula is C24H27Cl2N3O4. The molecule has 1 aromatic heterocycles. The van der Waals surface area contributed by atoms with Crippen molar-refractivity contribution in [3.8, 4) is 11.5 Å². The molecule has 1 aliphatic heterocycles. The smallest absolute Gasteiger partial charge is 0.328 e. The van der Waals surface area contributed by atoms with Crippen molar-refractivity contribution < 1.29 is 9.47 Å². The van der Waals surface area contributed by atoms with Crippen LogP contribution in [0.1, 0.15) is 29.9 Å². The highest BCUT2D eigenvalue weighted by atomic mass is 35.5. The zero-order chi connectivity index (χ0) is 22.4. The second kappa shape index (κ2) is 9.41. The van der Waals surface area contributed by atoms with Gasteiger partial charge >= 0.3 is 5.69 Å². The van der Waals surface area contributed by atoms with Crippen molar-refractivity contribution >= 4 is 34.9 Å². The molecule has 1 aliphatic carbocycles. The van der Waals surface area contributed by atoms with Crippen molar-refractivity contribution in [1.82, 2.24) is 14.9 Å². The standard InChI is InChI=1S/C24H26ClN3O4.ClH/c1-31-20-5-3-4-15-14(20)7-6-13-12-26-18(22(13)15)8-9-28-23(29)16-10-21(32-2)17(25)11-19(16)27-24(28)30;/h3-5,10-11,13,18,22,26H,6-9,12H2,1-2H3,(H,27,30);1H/t13-,18?,22+;/m0./s1. The molecule has 0 spiro atoms. The Bertz CT molecular complexity index is 1300. The lowest BCUT2D eigenvalue weighted by molar-refractivity contribution is 0.371. The van der Waals surface area contributed by atoms with Crippen LogP contribution in [0.5, 0.6) is 11.5 Å². The zero-order valence-corrected chi connectivity index (χ0v) is 20.1. The quantitative estimate of drug-likeness (QED) is 0.570. The maximum absolute atomic E-state index is 13.1. The Morgan fingerprint density at radius 2 is 1.94 bits per heavy atom. The third-order valence-corrected chi connectivity index (χ3v) is 7.31. The van der Waals surface area contributed by atoms with Crippen LogP contribution in [0.15, 0.2) is 39.9 Å². The predicted octanol–water partition coefficient (Wildman–Crippen LogP) is 3.49. The van der Waals surface area contributed by atoms with Gasteiger partial charge in [-0.1, -0.05) is 23.7 Å². The number of rotatable bonds is 5. The van der Waals surface area contributed by atoms with E-state index in [1.807, 2.05) is 12.1 Å². The monoisotopic (exact) mass is 491 g/mol. The number of ether oxygens (including phenoxy) is 2. The highest BCUT2D eigenvalue weighted by molar-refractivity contribution is 6.32. The largest absolute Gasteiger partial charge is 0.496 e. The van der Waals surface area contributed by atoms with Crippen molar-refractivity contribution in [2.24, 2.45) is 5.92 Å². The maximum atomic E-state index is 13.1. The first-order valence-electron chi connectivity index (χ1n) is 10.9. The summed E-state index contributed by atoms with van der Waals surface area (Å²) in [5.41, 5.74) is 2.27. The van der Waals surface area contributed by atoms with Crippen LogP contribution in [0.3, 0.4) is 0 Å². The van der Waals surface area contributed by atoms with Crippen molar-refractivity contribution in [2.45, 2.75) is 37.8 Å². The van der Waals surface area contributed by atoms with E-state index in [0.29, 0.717) is 46.5 Å². The Balaban J connectivity index is 0.00000259. The van der Waals surface area contributed by atoms with Crippen LogP contribution in [-0.2, 0) is 13.0 Å².